The van der Waals surface area contributed by atoms with E-state index in [1.165, 1.54) is 0 Å². The molecule has 0 aromatic rings. The molecule has 1 amide bonds. The van der Waals surface area contributed by atoms with Gasteiger partial charge in [0, 0.05) is 32.7 Å². The maximum absolute atomic E-state index is 11.3. The quantitative estimate of drug-likeness (QED) is 0.477. The van der Waals surface area contributed by atoms with Crippen molar-refractivity contribution in [1.82, 2.24) is 5.32 Å². The Balaban J connectivity index is 3.77. The number of carbonyl (C=O) groups excluding carboxylic acids is 1. The van der Waals surface area contributed by atoms with Gasteiger partial charge in [-0.3, -0.25) is 4.79 Å². The number of hydrogen-bond acceptors (Lipinski definition) is 4. The van der Waals surface area contributed by atoms with E-state index in [4.69, 9.17) is 14.9 Å². The van der Waals surface area contributed by atoms with Crippen LogP contribution in [0.4, 0.5) is 0 Å². The van der Waals surface area contributed by atoms with Gasteiger partial charge in [0.1, 0.15) is 6.04 Å². The van der Waals surface area contributed by atoms with Crippen LogP contribution >= 0.6 is 0 Å². The zero-order valence-electron chi connectivity index (χ0n) is 9.44. The van der Waals surface area contributed by atoms with Gasteiger partial charge in [-0.1, -0.05) is 0 Å². The Morgan fingerprint density at radius 2 is 2.12 bits per heavy atom. The van der Waals surface area contributed by atoms with Crippen molar-refractivity contribution in [2.45, 2.75) is 32.2 Å². The lowest BCUT2D eigenvalue weighted by atomic mass is 10.2. The highest BCUT2D eigenvalue weighted by atomic mass is 16.5. The van der Waals surface area contributed by atoms with Crippen molar-refractivity contribution >= 4 is 11.9 Å². The van der Waals surface area contributed by atoms with Crippen LogP contribution in [0, 0.1) is 0 Å². The van der Waals surface area contributed by atoms with E-state index in [9.17, 15) is 9.59 Å². The molecule has 0 spiro atoms. The van der Waals surface area contributed by atoms with E-state index in [-0.39, 0.29) is 25.4 Å². The van der Waals surface area contributed by atoms with Crippen LogP contribution in [0.1, 0.15) is 26.2 Å². The standard InChI is InChI=1S/C10H19NO5/c1-2-16-7-3-4-9(13)11-8(5-6-12)10(14)15/h8,12H,2-7H2,1H3,(H,11,13)(H,14,15)/t8-/m0/s1. The van der Waals surface area contributed by atoms with Gasteiger partial charge in [0.2, 0.25) is 5.91 Å². The first kappa shape index (κ1) is 14.9. The minimum atomic E-state index is -1.13. The molecule has 0 aliphatic rings. The molecular formula is C10H19NO5. The summed E-state index contributed by atoms with van der Waals surface area (Å²) < 4.78 is 5.05. The van der Waals surface area contributed by atoms with Crippen molar-refractivity contribution in [2.75, 3.05) is 19.8 Å². The summed E-state index contributed by atoms with van der Waals surface area (Å²) >= 11 is 0. The molecule has 0 bridgehead atoms. The van der Waals surface area contributed by atoms with Gasteiger partial charge < -0.3 is 20.3 Å². The van der Waals surface area contributed by atoms with Crippen LogP contribution in [-0.4, -0.2) is 48.0 Å². The monoisotopic (exact) mass is 233 g/mol. The first-order chi connectivity index (χ1) is 7.61. The molecule has 94 valence electrons. The van der Waals surface area contributed by atoms with Crippen LogP contribution in [-0.2, 0) is 14.3 Å². The third-order valence-corrected chi connectivity index (χ3v) is 1.95. The number of rotatable bonds is 9. The van der Waals surface area contributed by atoms with E-state index >= 15 is 0 Å². The third-order valence-electron chi connectivity index (χ3n) is 1.95. The first-order valence-electron chi connectivity index (χ1n) is 5.32. The topological polar surface area (TPSA) is 95.9 Å². The lowest BCUT2D eigenvalue weighted by Gasteiger charge is -2.12. The second-order valence-electron chi connectivity index (χ2n) is 3.27. The maximum Gasteiger partial charge on any atom is 0.326 e. The molecule has 0 saturated heterocycles. The molecule has 0 aliphatic carbocycles. The van der Waals surface area contributed by atoms with Crippen molar-refractivity contribution in [1.29, 1.82) is 0 Å². The highest BCUT2D eigenvalue weighted by Gasteiger charge is 2.18. The van der Waals surface area contributed by atoms with Gasteiger partial charge in [0.25, 0.3) is 0 Å². The largest absolute Gasteiger partial charge is 0.480 e. The Kier molecular flexibility index (Phi) is 8.46. The predicted molar refractivity (Wildman–Crippen MR) is 57.0 cm³/mol. The average molecular weight is 233 g/mol. The Morgan fingerprint density at radius 1 is 1.44 bits per heavy atom. The molecule has 0 aliphatic heterocycles. The van der Waals surface area contributed by atoms with Crippen molar-refractivity contribution in [3.05, 3.63) is 0 Å². The molecule has 0 rings (SSSR count). The van der Waals surface area contributed by atoms with Gasteiger partial charge in [0.05, 0.1) is 0 Å². The van der Waals surface area contributed by atoms with Gasteiger partial charge in [0.15, 0.2) is 0 Å². The normalized spacial score (nSPS) is 12.1. The van der Waals surface area contributed by atoms with Gasteiger partial charge in [-0.25, -0.2) is 4.79 Å². The molecule has 0 radical (unpaired) electrons. The van der Waals surface area contributed by atoms with E-state index < -0.39 is 12.0 Å². The number of aliphatic hydroxyl groups is 1. The molecule has 0 fully saturated rings. The second kappa shape index (κ2) is 9.11. The minimum Gasteiger partial charge on any atom is -0.480 e. The summed E-state index contributed by atoms with van der Waals surface area (Å²) in [5.41, 5.74) is 0. The van der Waals surface area contributed by atoms with Crippen LogP contribution in [0.2, 0.25) is 0 Å². The van der Waals surface area contributed by atoms with E-state index in [1.54, 1.807) is 0 Å². The summed E-state index contributed by atoms with van der Waals surface area (Å²) in [6.45, 7) is 2.68. The highest BCUT2D eigenvalue weighted by Crippen LogP contribution is 1.95. The molecule has 6 nitrogen and oxygen atoms in total. The number of aliphatic hydroxyl groups excluding tert-OH is 1. The number of nitrogens with one attached hydrogen (secondary N) is 1. The molecular weight excluding hydrogens is 214 g/mol. The van der Waals surface area contributed by atoms with Gasteiger partial charge in [-0.15, -0.1) is 0 Å². The number of hydrogen-bond donors (Lipinski definition) is 3. The van der Waals surface area contributed by atoms with Crippen LogP contribution in [0.15, 0.2) is 0 Å². The minimum absolute atomic E-state index is 0.0204. The fourth-order valence-electron chi connectivity index (χ4n) is 1.13. The molecule has 6 heteroatoms. The molecule has 3 N–H and O–H groups in total. The summed E-state index contributed by atoms with van der Waals surface area (Å²) in [4.78, 5) is 21.9. The number of carboxylic acid groups (broad SMARTS) is 1. The van der Waals surface area contributed by atoms with E-state index in [1.807, 2.05) is 6.92 Å². The summed E-state index contributed by atoms with van der Waals surface area (Å²) in [5.74, 6) is -1.47. The predicted octanol–water partition coefficient (Wildman–Crippen LogP) is -0.245. The maximum atomic E-state index is 11.3. The molecule has 0 heterocycles. The van der Waals surface area contributed by atoms with Crippen molar-refractivity contribution < 1.29 is 24.5 Å². The Labute approximate surface area is 94.6 Å². The fourth-order valence-corrected chi connectivity index (χ4v) is 1.13. The van der Waals surface area contributed by atoms with Gasteiger partial charge in [-0.2, -0.15) is 0 Å². The zero-order valence-corrected chi connectivity index (χ0v) is 9.44. The van der Waals surface area contributed by atoms with Crippen molar-refractivity contribution in [3.63, 3.8) is 0 Å². The number of ether oxygens (including phenoxy) is 1. The lowest BCUT2D eigenvalue weighted by molar-refractivity contribution is -0.142. The van der Waals surface area contributed by atoms with Crippen molar-refractivity contribution in [2.24, 2.45) is 0 Å². The smallest absolute Gasteiger partial charge is 0.326 e. The molecule has 0 unspecified atom stereocenters. The summed E-state index contributed by atoms with van der Waals surface area (Å²) in [6.07, 6.45) is 0.812. The Morgan fingerprint density at radius 3 is 2.62 bits per heavy atom. The molecule has 16 heavy (non-hydrogen) atoms. The molecule has 0 aromatic carbocycles. The van der Waals surface area contributed by atoms with Gasteiger partial charge >= 0.3 is 5.97 Å². The summed E-state index contributed by atoms with van der Waals surface area (Å²) in [5, 5.41) is 19.7. The average Bonchev–Trinajstić information content (AvgIpc) is 2.23. The first-order valence-corrected chi connectivity index (χ1v) is 5.32. The number of carbonyl (C=O) groups is 2. The summed E-state index contributed by atoms with van der Waals surface area (Å²) in [6, 6.07) is -1.01. The number of aliphatic carboxylic acids is 1. The van der Waals surface area contributed by atoms with E-state index in [0.717, 1.165) is 0 Å². The molecule has 1 atom stereocenters. The molecule has 0 saturated carbocycles. The van der Waals surface area contributed by atoms with Crippen LogP contribution in [0.5, 0.6) is 0 Å². The number of amides is 1. The van der Waals surface area contributed by atoms with E-state index in [2.05, 4.69) is 5.32 Å². The second-order valence-corrected chi connectivity index (χ2v) is 3.27. The Hall–Kier alpha value is -1.14. The number of carboxylic acids is 1. The van der Waals surface area contributed by atoms with Gasteiger partial charge in [-0.05, 0) is 13.3 Å². The summed E-state index contributed by atoms with van der Waals surface area (Å²) in [7, 11) is 0. The third kappa shape index (κ3) is 7.19. The van der Waals surface area contributed by atoms with Crippen molar-refractivity contribution in [3.8, 4) is 0 Å². The Bertz CT molecular complexity index is 219. The zero-order chi connectivity index (χ0) is 12.4. The molecule has 0 aromatic heterocycles. The van der Waals surface area contributed by atoms with E-state index in [0.29, 0.717) is 19.6 Å². The van der Waals surface area contributed by atoms with Crippen LogP contribution < -0.4 is 5.32 Å². The fraction of sp³-hybridized carbons (Fsp3) is 0.800. The van der Waals surface area contributed by atoms with Crippen LogP contribution in [0.3, 0.4) is 0 Å². The highest BCUT2D eigenvalue weighted by molar-refractivity contribution is 5.83. The SMILES string of the molecule is CCOCCCC(=O)N[C@@H](CCO)C(=O)O. The lowest BCUT2D eigenvalue weighted by Crippen LogP contribution is -2.41. The van der Waals surface area contributed by atoms with Crippen LogP contribution in [0.25, 0.3) is 0 Å².